The van der Waals surface area contributed by atoms with Crippen molar-refractivity contribution in [2.24, 2.45) is 5.73 Å². The maximum absolute atomic E-state index is 8.77. The van der Waals surface area contributed by atoms with E-state index in [9.17, 15) is 0 Å². The molecule has 0 atom stereocenters. The van der Waals surface area contributed by atoms with Gasteiger partial charge in [-0.05, 0) is 11.6 Å². The molecule has 60 valence electrons. The fourth-order valence-electron chi connectivity index (χ4n) is 0.915. The minimum absolute atomic E-state index is 0.0172. The van der Waals surface area contributed by atoms with Gasteiger partial charge in [-0.25, -0.2) is 0 Å². The molecule has 1 rings (SSSR count). The molecule has 0 unspecified atom stereocenters. The van der Waals surface area contributed by atoms with Gasteiger partial charge in [0.05, 0.1) is 6.61 Å². The predicted octanol–water partition coefficient (Wildman–Crippen LogP) is 0.220. The van der Waals surface area contributed by atoms with Gasteiger partial charge in [0.2, 0.25) is 0 Å². The monoisotopic (exact) mass is 152 g/mol. The highest BCUT2D eigenvalue weighted by Gasteiger charge is 1.97. The molecule has 0 fully saturated rings. The molecular weight excluding hydrogens is 140 g/mol. The summed E-state index contributed by atoms with van der Waals surface area (Å²) in [5.74, 6) is 0. The molecule has 0 radical (unpaired) electrons. The maximum Gasteiger partial charge on any atom is 0.0701 e. The van der Waals surface area contributed by atoms with Crippen molar-refractivity contribution in [2.75, 3.05) is 5.73 Å². The van der Waals surface area contributed by atoms with E-state index in [-0.39, 0.29) is 6.61 Å². The second-order valence-electron chi connectivity index (χ2n) is 2.40. The van der Waals surface area contributed by atoms with Gasteiger partial charge < -0.3 is 16.6 Å². The van der Waals surface area contributed by atoms with Gasteiger partial charge in [0.25, 0.3) is 0 Å². The molecule has 0 heterocycles. The van der Waals surface area contributed by atoms with E-state index in [1.807, 2.05) is 6.07 Å². The van der Waals surface area contributed by atoms with Crippen LogP contribution in [-0.2, 0) is 13.2 Å². The molecule has 0 aliphatic carbocycles. The fraction of sp³-hybridized carbons (Fsp3) is 0.250. The molecule has 1 aromatic rings. The molecule has 0 spiro atoms. The molecule has 5 N–H and O–H groups in total. The first-order chi connectivity index (χ1) is 5.27. The maximum atomic E-state index is 8.77. The number of rotatable bonds is 2. The van der Waals surface area contributed by atoms with E-state index >= 15 is 0 Å². The van der Waals surface area contributed by atoms with E-state index in [4.69, 9.17) is 16.6 Å². The van der Waals surface area contributed by atoms with Crippen molar-refractivity contribution < 1.29 is 5.11 Å². The van der Waals surface area contributed by atoms with Crippen molar-refractivity contribution in [1.29, 1.82) is 0 Å². The van der Waals surface area contributed by atoms with Gasteiger partial charge in [-0.15, -0.1) is 0 Å². The Kier molecular flexibility index (Phi) is 2.46. The molecule has 3 heteroatoms. The average molecular weight is 152 g/mol. The summed E-state index contributed by atoms with van der Waals surface area (Å²) in [5, 5.41) is 8.77. The van der Waals surface area contributed by atoms with Crippen LogP contribution in [0.1, 0.15) is 11.1 Å². The first kappa shape index (κ1) is 8.04. The van der Waals surface area contributed by atoms with Crippen molar-refractivity contribution in [3.8, 4) is 0 Å². The third-order valence-electron chi connectivity index (χ3n) is 1.62. The van der Waals surface area contributed by atoms with Crippen molar-refractivity contribution in [3.63, 3.8) is 0 Å². The van der Waals surface area contributed by atoms with Gasteiger partial charge in [0, 0.05) is 17.8 Å². The summed E-state index contributed by atoms with van der Waals surface area (Å²) in [6.45, 7) is 0.465. The Hall–Kier alpha value is -1.06. The van der Waals surface area contributed by atoms with Crippen LogP contribution in [0, 0.1) is 0 Å². The fourth-order valence-corrected chi connectivity index (χ4v) is 0.915. The lowest BCUT2D eigenvalue weighted by atomic mass is 10.1. The van der Waals surface area contributed by atoms with Crippen molar-refractivity contribution in [1.82, 2.24) is 0 Å². The summed E-state index contributed by atoms with van der Waals surface area (Å²) >= 11 is 0. The van der Waals surface area contributed by atoms with E-state index < -0.39 is 0 Å². The Morgan fingerprint density at radius 3 is 2.55 bits per heavy atom. The smallest absolute Gasteiger partial charge is 0.0701 e. The van der Waals surface area contributed by atoms with Crippen LogP contribution in [-0.4, -0.2) is 5.11 Å². The van der Waals surface area contributed by atoms with Gasteiger partial charge >= 0.3 is 0 Å². The largest absolute Gasteiger partial charge is 0.398 e. The summed E-state index contributed by atoms with van der Waals surface area (Å²) < 4.78 is 0. The number of hydrogen-bond donors (Lipinski definition) is 3. The highest BCUT2D eigenvalue weighted by atomic mass is 16.3. The van der Waals surface area contributed by atoms with Gasteiger partial charge in [-0.1, -0.05) is 12.1 Å². The molecule has 0 amide bonds. The van der Waals surface area contributed by atoms with Crippen LogP contribution in [0.5, 0.6) is 0 Å². The number of nitrogens with two attached hydrogens (primary N) is 2. The minimum Gasteiger partial charge on any atom is -0.398 e. The van der Waals surface area contributed by atoms with Gasteiger partial charge in [0.1, 0.15) is 0 Å². The van der Waals surface area contributed by atoms with Gasteiger partial charge in [-0.3, -0.25) is 0 Å². The first-order valence-corrected chi connectivity index (χ1v) is 3.46. The second kappa shape index (κ2) is 3.37. The molecule has 0 saturated carbocycles. The third kappa shape index (κ3) is 1.69. The van der Waals surface area contributed by atoms with Crippen LogP contribution in [0.3, 0.4) is 0 Å². The summed E-state index contributed by atoms with van der Waals surface area (Å²) in [4.78, 5) is 0. The molecule has 1 aromatic carbocycles. The lowest BCUT2D eigenvalue weighted by Gasteiger charge is -2.03. The SMILES string of the molecule is NCc1ccc(CO)c(N)c1. The lowest BCUT2D eigenvalue weighted by molar-refractivity contribution is 0.282. The van der Waals surface area contributed by atoms with E-state index in [0.717, 1.165) is 11.1 Å². The molecule has 0 aliphatic rings. The minimum atomic E-state index is -0.0172. The molecule has 0 saturated heterocycles. The first-order valence-electron chi connectivity index (χ1n) is 3.46. The topological polar surface area (TPSA) is 72.3 Å². The number of hydrogen-bond acceptors (Lipinski definition) is 3. The standard InChI is InChI=1S/C8H12N2O/c9-4-6-1-2-7(5-11)8(10)3-6/h1-3,11H,4-5,9-10H2. The van der Waals surface area contributed by atoms with Gasteiger partial charge in [0.15, 0.2) is 0 Å². The number of nitrogen functional groups attached to an aromatic ring is 1. The van der Waals surface area contributed by atoms with E-state index in [2.05, 4.69) is 0 Å². The molecular formula is C8H12N2O. The normalized spacial score (nSPS) is 10.0. The molecule has 0 aromatic heterocycles. The summed E-state index contributed by atoms with van der Waals surface area (Å²) in [5.41, 5.74) is 13.3. The van der Waals surface area contributed by atoms with Gasteiger partial charge in [-0.2, -0.15) is 0 Å². The van der Waals surface area contributed by atoms with E-state index in [1.54, 1.807) is 12.1 Å². The predicted molar refractivity (Wildman–Crippen MR) is 44.7 cm³/mol. The number of anilines is 1. The van der Waals surface area contributed by atoms with Crippen LogP contribution < -0.4 is 11.5 Å². The van der Waals surface area contributed by atoms with Crippen molar-refractivity contribution in [2.45, 2.75) is 13.2 Å². The van der Waals surface area contributed by atoms with Crippen LogP contribution in [0.2, 0.25) is 0 Å². The average Bonchev–Trinajstić information content (AvgIpc) is 2.04. The Labute approximate surface area is 65.6 Å². The summed E-state index contributed by atoms with van der Waals surface area (Å²) in [6.07, 6.45) is 0. The molecule has 11 heavy (non-hydrogen) atoms. The van der Waals surface area contributed by atoms with Crippen LogP contribution in [0.25, 0.3) is 0 Å². The zero-order chi connectivity index (χ0) is 8.27. The third-order valence-corrected chi connectivity index (χ3v) is 1.62. The molecule has 0 bridgehead atoms. The highest BCUT2D eigenvalue weighted by molar-refractivity contribution is 5.48. The van der Waals surface area contributed by atoms with Crippen molar-refractivity contribution in [3.05, 3.63) is 29.3 Å². The Morgan fingerprint density at radius 1 is 1.36 bits per heavy atom. The summed E-state index contributed by atoms with van der Waals surface area (Å²) in [7, 11) is 0. The van der Waals surface area contributed by atoms with E-state index in [0.29, 0.717) is 12.2 Å². The Bertz CT molecular complexity index is 248. The number of aliphatic hydroxyl groups excluding tert-OH is 1. The second-order valence-corrected chi connectivity index (χ2v) is 2.40. The highest BCUT2D eigenvalue weighted by Crippen LogP contribution is 2.13. The lowest BCUT2D eigenvalue weighted by Crippen LogP contribution is -2.00. The summed E-state index contributed by atoms with van der Waals surface area (Å²) in [6, 6.07) is 5.44. The van der Waals surface area contributed by atoms with Crippen LogP contribution >= 0.6 is 0 Å². The van der Waals surface area contributed by atoms with Crippen LogP contribution in [0.4, 0.5) is 5.69 Å². The quantitative estimate of drug-likeness (QED) is 0.531. The number of aliphatic hydroxyl groups is 1. The zero-order valence-corrected chi connectivity index (χ0v) is 6.25. The number of benzene rings is 1. The van der Waals surface area contributed by atoms with Crippen molar-refractivity contribution >= 4 is 5.69 Å². The van der Waals surface area contributed by atoms with E-state index in [1.165, 1.54) is 0 Å². The Balaban J connectivity index is 2.99. The molecule has 0 aliphatic heterocycles. The van der Waals surface area contributed by atoms with Crippen LogP contribution in [0.15, 0.2) is 18.2 Å². The zero-order valence-electron chi connectivity index (χ0n) is 6.25. The Morgan fingerprint density at radius 2 is 2.09 bits per heavy atom. The molecule has 3 nitrogen and oxygen atoms in total.